The smallest absolute Gasteiger partial charge is 0.0646 e. The van der Waals surface area contributed by atoms with Crippen LogP contribution in [0.15, 0.2) is 12.2 Å². The van der Waals surface area contributed by atoms with E-state index in [0.29, 0.717) is 6.42 Å². The lowest BCUT2D eigenvalue weighted by Crippen LogP contribution is -2.01. The van der Waals surface area contributed by atoms with Crippen molar-refractivity contribution in [2.45, 2.75) is 32.8 Å². The number of rotatable bonds is 2. The molecule has 1 atom stereocenters. The van der Waals surface area contributed by atoms with Gasteiger partial charge in [-0.3, -0.25) is 0 Å². The van der Waals surface area contributed by atoms with Crippen molar-refractivity contribution in [3.63, 3.8) is 0 Å². The third-order valence-corrected chi connectivity index (χ3v) is 1.11. The summed E-state index contributed by atoms with van der Waals surface area (Å²) in [6.45, 7) is 7.41. The Bertz CT molecular complexity index is 159. The fraction of sp³-hybridized carbons (Fsp3) is 0.556. The number of aliphatic hydroxyl groups is 1. The van der Waals surface area contributed by atoms with Crippen molar-refractivity contribution in [3.8, 4) is 11.8 Å². The van der Waals surface area contributed by atoms with Gasteiger partial charge < -0.3 is 5.11 Å². The molecular formula is C9H14O. The summed E-state index contributed by atoms with van der Waals surface area (Å²) >= 11 is 0. The Morgan fingerprint density at radius 2 is 2.30 bits per heavy atom. The molecule has 1 unspecified atom stereocenters. The van der Waals surface area contributed by atoms with Gasteiger partial charge in [0.05, 0.1) is 6.10 Å². The minimum absolute atomic E-state index is 0.271. The molecule has 0 aromatic rings. The van der Waals surface area contributed by atoms with Crippen molar-refractivity contribution < 1.29 is 5.11 Å². The van der Waals surface area contributed by atoms with Crippen LogP contribution in [-0.2, 0) is 0 Å². The molecule has 0 aliphatic heterocycles. The quantitative estimate of drug-likeness (QED) is 0.576. The summed E-state index contributed by atoms with van der Waals surface area (Å²) in [5.74, 6) is 5.64. The number of aliphatic hydroxyl groups excluding tert-OH is 1. The van der Waals surface area contributed by atoms with Crippen molar-refractivity contribution in [3.05, 3.63) is 12.2 Å². The highest BCUT2D eigenvalue weighted by Crippen LogP contribution is 1.94. The van der Waals surface area contributed by atoms with Gasteiger partial charge in [0.15, 0.2) is 0 Å². The number of hydrogen-bond donors (Lipinski definition) is 1. The van der Waals surface area contributed by atoms with Gasteiger partial charge in [0.1, 0.15) is 0 Å². The lowest BCUT2D eigenvalue weighted by Gasteiger charge is -1.98. The second kappa shape index (κ2) is 5.08. The Labute approximate surface area is 62.8 Å². The van der Waals surface area contributed by atoms with Crippen molar-refractivity contribution in [2.75, 3.05) is 0 Å². The third kappa shape index (κ3) is 5.40. The first-order valence-electron chi connectivity index (χ1n) is 3.49. The van der Waals surface area contributed by atoms with Gasteiger partial charge in [-0.15, -0.1) is 0 Å². The van der Waals surface area contributed by atoms with E-state index in [2.05, 4.69) is 18.4 Å². The Hall–Kier alpha value is -0.740. The van der Waals surface area contributed by atoms with Gasteiger partial charge in [-0.25, -0.2) is 0 Å². The van der Waals surface area contributed by atoms with Gasteiger partial charge in [0.25, 0.3) is 0 Å². The number of hydrogen-bond acceptors (Lipinski definition) is 1. The molecule has 10 heavy (non-hydrogen) atoms. The molecule has 0 heterocycles. The summed E-state index contributed by atoms with van der Waals surface area (Å²) in [4.78, 5) is 0. The van der Waals surface area contributed by atoms with Crippen LogP contribution >= 0.6 is 0 Å². The van der Waals surface area contributed by atoms with E-state index in [1.54, 1.807) is 0 Å². The van der Waals surface area contributed by atoms with Gasteiger partial charge in [-0.05, 0) is 18.9 Å². The van der Waals surface area contributed by atoms with Crippen molar-refractivity contribution in [1.29, 1.82) is 0 Å². The van der Waals surface area contributed by atoms with Crippen molar-refractivity contribution >= 4 is 0 Å². The fourth-order valence-electron chi connectivity index (χ4n) is 0.464. The van der Waals surface area contributed by atoms with Crippen LogP contribution in [-0.4, -0.2) is 11.2 Å². The first-order chi connectivity index (χ1) is 4.66. The summed E-state index contributed by atoms with van der Waals surface area (Å²) in [6, 6.07) is 0. The molecule has 1 N–H and O–H groups in total. The van der Waals surface area contributed by atoms with E-state index in [1.807, 2.05) is 13.8 Å². The maximum Gasteiger partial charge on any atom is 0.0646 e. The fourth-order valence-corrected chi connectivity index (χ4v) is 0.464. The zero-order valence-corrected chi connectivity index (χ0v) is 6.65. The molecule has 0 aromatic carbocycles. The van der Waals surface area contributed by atoms with E-state index in [-0.39, 0.29) is 6.10 Å². The minimum Gasteiger partial charge on any atom is -0.392 e. The summed E-state index contributed by atoms with van der Waals surface area (Å²) < 4.78 is 0. The average molecular weight is 138 g/mol. The summed E-state index contributed by atoms with van der Waals surface area (Å²) in [7, 11) is 0. The van der Waals surface area contributed by atoms with Crippen LogP contribution in [0.5, 0.6) is 0 Å². The lowest BCUT2D eigenvalue weighted by molar-refractivity contribution is 0.176. The second-order valence-corrected chi connectivity index (χ2v) is 2.35. The van der Waals surface area contributed by atoms with Crippen molar-refractivity contribution in [2.24, 2.45) is 0 Å². The van der Waals surface area contributed by atoms with E-state index in [1.165, 1.54) is 0 Å². The van der Waals surface area contributed by atoms with Gasteiger partial charge >= 0.3 is 0 Å². The Balaban J connectivity index is 3.55. The molecule has 0 saturated carbocycles. The van der Waals surface area contributed by atoms with E-state index < -0.39 is 0 Å². The highest BCUT2D eigenvalue weighted by molar-refractivity contribution is 5.23. The highest BCUT2D eigenvalue weighted by atomic mass is 16.3. The van der Waals surface area contributed by atoms with Crippen LogP contribution in [0.3, 0.4) is 0 Å². The molecule has 0 spiro atoms. The Morgan fingerprint density at radius 3 is 2.70 bits per heavy atom. The van der Waals surface area contributed by atoms with Gasteiger partial charge in [-0.2, -0.15) is 0 Å². The number of allylic oxidation sites excluding steroid dienone is 1. The molecule has 0 radical (unpaired) electrons. The molecule has 0 fully saturated rings. The van der Waals surface area contributed by atoms with Crippen LogP contribution in [0.25, 0.3) is 0 Å². The molecule has 0 amide bonds. The van der Waals surface area contributed by atoms with Gasteiger partial charge in [0, 0.05) is 6.42 Å². The molecule has 0 rings (SSSR count). The predicted octanol–water partition coefficient (Wildman–Crippen LogP) is 1.73. The largest absolute Gasteiger partial charge is 0.392 e. The van der Waals surface area contributed by atoms with E-state index in [0.717, 1.165) is 12.0 Å². The summed E-state index contributed by atoms with van der Waals surface area (Å²) in [6.07, 6.45) is 1.06. The molecule has 0 aliphatic carbocycles. The third-order valence-electron chi connectivity index (χ3n) is 1.11. The molecule has 0 saturated heterocycles. The molecule has 56 valence electrons. The van der Waals surface area contributed by atoms with Gasteiger partial charge in [-0.1, -0.05) is 25.3 Å². The maximum absolute atomic E-state index is 9.04. The monoisotopic (exact) mass is 138 g/mol. The van der Waals surface area contributed by atoms with Crippen LogP contribution in [0, 0.1) is 11.8 Å². The summed E-state index contributed by atoms with van der Waals surface area (Å²) in [5.41, 5.74) is 0.850. The highest BCUT2D eigenvalue weighted by Gasteiger charge is 1.94. The van der Waals surface area contributed by atoms with Crippen LogP contribution in [0.4, 0.5) is 0 Å². The molecular weight excluding hydrogens is 124 g/mol. The van der Waals surface area contributed by atoms with E-state index in [4.69, 9.17) is 5.11 Å². The Morgan fingerprint density at radius 1 is 1.70 bits per heavy atom. The summed E-state index contributed by atoms with van der Waals surface area (Å²) in [5, 5.41) is 9.04. The molecule has 0 aromatic heterocycles. The van der Waals surface area contributed by atoms with Crippen LogP contribution in [0.1, 0.15) is 26.7 Å². The van der Waals surface area contributed by atoms with E-state index >= 15 is 0 Å². The van der Waals surface area contributed by atoms with Crippen LogP contribution < -0.4 is 0 Å². The normalized spacial score (nSPS) is 11.5. The second-order valence-electron chi connectivity index (χ2n) is 2.35. The first kappa shape index (κ1) is 9.26. The first-order valence-corrected chi connectivity index (χ1v) is 3.49. The molecule has 1 heteroatoms. The average Bonchev–Trinajstić information content (AvgIpc) is 1.87. The Kier molecular flexibility index (Phi) is 4.70. The SMILES string of the molecule is C=C(C)C#CCC(O)CC. The zero-order chi connectivity index (χ0) is 7.98. The topological polar surface area (TPSA) is 20.2 Å². The standard InChI is InChI=1S/C9H14O/c1-4-9(10)7-5-6-8(2)3/h9-10H,2,4,7H2,1,3H3. The maximum atomic E-state index is 9.04. The van der Waals surface area contributed by atoms with Gasteiger partial charge in [0.2, 0.25) is 0 Å². The minimum atomic E-state index is -0.271. The zero-order valence-electron chi connectivity index (χ0n) is 6.65. The molecule has 0 bridgehead atoms. The van der Waals surface area contributed by atoms with E-state index in [9.17, 15) is 0 Å². The van der Waals surface area contributed by atoms with Crippen LogP contribution in [0.2, 0.25) is 0 Å². The predicted molar refractivity (Wildman–Crippen MR) is 43.5 cm³/mol. The molecule has 1 nitrogen and oxygen atoms in total. The van der Waals surface area contributed by atoms with Crippen molar-refractivity contribution in [1.82, 2.24) is 0 Å². The molecule has 0 aliphatic rings. The lowest BCUT2D eigenvalue weighted by atomic mass is 10.2.